The third-order valence-electron chi connectivity index (χ3n) is 4.95. The van der Waals surface area contributed by atoms with Crippen LogP contribution < -0.4 is 5.32 Å². The molecule has 1 atom stereocenters. The fourth-order valence-corrected chi connectivity index (χ4v) is 3.24. The zero-order valence-electron chi connectivity index (χ0n) is 15.0. The van der Waals surface area contributed by atoms with Crippen molar-refractivity contribution in [2.45, 2.75) is 32.7 Å². The first-order chi connectivity index (χ1) is 13.0. The number of nitriles is 1. The molecule has 0 unspecified atom stereocenters. The Balaban J connectivity index is 1.78. The highest BCUT2D eigenvalue weighted by Gasteiger charge is 2.30. The van der Waals surface area contributed by atoms with Gasteiger partial charge in [-0.1, -0.05) is 0 Å². The number of hydrogen-bond donors (Lipinski definition) is 1. The molecule has 27 heavy (non-hydrogen) atoms. The van der Waals surface area contributed by atoms with Crippen LogP contribution in [-0.2, 0) is 0 Å². The Morgan fingerprint density at radius 3 is 2.89 bits per heavy atom. The van der Waals surface area contributed by atoms with Gasteiger partial charge in [-0.2, -0.15) is 10.4 Å². The Hall–Kier alpha value is -3.27. The number of aryl methyl sites for hydroxylation is 1. The standard InChI is InChI=1S/C20H18FN5O/c1-11-7-17(16-6-5-15(21)8-14(16)9-22)25-26-18(10-23-19(11)26)20(27)24-12(2)13-3-4-13/h5-8,10,12-13H,3-4H2,1-2H3,(H,24,27)/t12-/m1/s1. The predicted molar refractivity (Wildman–Crippen MR) is 97.5 cm³/mol. The largest absolute Gasteiger partial charge is 0.348 e. The number of benzene rings is 1. The molecule has 4 rings (SSSR count). The molecule has 0 bridgehead atoms. The van der Waals surface area contributed by atoms with Crippen molar-refractivity contribution in [3.05, 3.63) is 53.1 Å². The average Bonchev–Trinajstić information content (AvgIpc) is 3.41. The van der Waals surface area contributed by atoms with Crippen LogP contribution in [0, 0.1) is 30.0 Å². The molecule has 1 aromatic carbocycles. The highest BCUT2D eigenvalue weighted by atomic mass is 19.1. The number of hydrogen-bond acceptors (Lipinski definition) is 4. The van der Waals surface area contributed by atoms with Crippen LogP contribution in [0.2, 0.25) is 0 Å². The van der Waals surface area contributed by atoms with Crippen LogP contribution in [0.1, 0.15) is 41.4 Å². The van der Waals surface area contributed by atoms with E-state index in [2.05, 4.69) is 15.4 Å². The van der Waals surface area contributed by atoms with Crippen molar-refractivity contribution in [2.24, 2.45) is 5.92 Å². The van der Waals surface area contributed by atoms with Gasteiger partial charge in [-0.3, -0.25) is 4.79 Å². The summed E-state index contributed by atoms with van der Waals surface area (Å²) in [6.07, 6.45) is 3.78. The van der Waals surface area contributed by atoms with Gasteiger partial charge in [-0.15, -0.1) is 0 Å². The Labute approximate surface area is 155 Å². The van der Waals surface area contributed by atoms with Gasteiger partial charge in [-0.05, 0) is 62.4 Å². The van der Waals surface area contributed by atoms with E-state index in [0.717, 1.165) is 18.4 Å². The summed E-state index contributed by atoms with van der Waals surface area (Å²) in [4.78, 5) is 17.0. The van der Waals surface area contributed by atoms with Gasteiger partial charge < -0.3 is 5.32 Å². The number of carbonyl (C=O) groups is 1. The third kappa shape index (κ3) is 3.14. The van der Waals surface area contributed by atoms with Crippen molar-refractivity contribution < 1.29 is 9.18 Å². The van der Waals surface area contributed by atoms with Crippen molar-refractivity contribution in [1.29, 1.82) is 5.26 Å². The molecule has 0 saturated heterocycles. The van der Waals surface area contributed by atoms with Crippen molar-refractivity contribution in [3.63, 3.8) is 0 Å². The number of nitrogens with zero attached hydrogens (tertiary/aromatic N) is 4. The van der Waals surface area contributed by atoms with Gasteiger partial charge in [0.2, 0.25) is 0 Å². The second-order valence-electron chi connectivity index (χ2n) is 6.99. The minimum atomic E-state index is -0.482. The molecule has 0 spiro atoms. The quantitative estimate of drug-likeness (QED) is 0.771. The van der Waals surface area contributed by atoms with E-state index in [0.29, 0.717) is 28.5 Å². The van der Waals surface area contributed by atoms with E-state index in [4.69, 9.17) is 0 Å². The molecule has 6 nitrogen and oxygen atoms in total. The molecular weight excluding hydrogens is 345 g/mol. The van der Waals surface area contributed by atoms with Crippen LogP contribution in [0.4, 0.5) is 4.39 Å². The van der Waals surface area contributed by atoms with Crippen LogP contribution in [0.25, 0.3) is 16.9 Å². The van der Waals surface area contributed by atoms with E-state index in [-0.39, 0.29) is 17.5 Å². The fraction of sp³-hybridized carbons (Fsp3) is 0.300. The van der Waals surface area contributed by atoms with Crippen molar-refractivity contribution in [1.82, 2.24) is 19.9 Å². The first kappa shape index (κ1) is 17.2. The normalized spacial score (nSPS) is 14.7. The maximum absolute atomic E-state index is 13.5. The zero-order chi connectivity index (χ0) is 19.1. The molecular formula is C20H18FN5O. The number of rotatable bonds is 4. The van der Waals surface area contributed by atoms with Gasteiger partial charge in [-0.25, -0.2) is 13.9 Å². The van der Waals surface area contributed by atoms with Gasteiger partial charge in [0, 0.05) is 11.6 Å². The lowest BCUT2D eigenvalue weighted by Gasteiger charge is -2.12. The predicted octanol–water partition coefficient (Wildman–Crippen LogP) is 3.24. The van der Waals surface area contributed by atoms with Crippen molar-refractivity contribution in [2.75, 3.05) is 0 Å². The first-order valence-electron chi connectivity index (χ1n) is 8.84. The van der Waals surface area contributed by atoms with Gasteiger partial charge in [0.1, 0.15) is 5.82 Å². The molecule has 7 heteroatoms. The summed E-state index contributed by atoms with van der Waals surface area (Å²) in [5, 5.41) is 16.8. The topological polar surface area (TPSA) is 83.1 Å². The fourth-order valence-electron chi connectivity index (χ4n) is 3.24. The maximum atomic E-state index is 13.5. The minimum absolute atomic E-state index is 0.106. The van der Waals surface area contributed by atoms with Gasteiger partial charge in [0.05, 0.1) is 23.5 Å². The number of fused-ring (bicyclic) bond motifs is 1. The number of carbonyl (C=O) groups excluding carboxylic acids is 1. The highest BCUT2D eigenvalue weighted by Crippen LogP contribution is 2.32. The zero-order valence-corrected chi connectivity index (χ0v) is 15.0. The Kier molecular flexibility index (Phi) is 4.11. The summed E-state index contributed by atoms with van der Waals surface area (Å²) in [6.45, 7) is 3.86. The summed E-state index contributed by atoms with van der Waals surface area (Å²) in [5.41, 5.74) is 2.90. The summed E-state index contributed by atoms with van der Waals surface area (Å²) in [6, 6.07) is 7.87. The average molecular weight is 363 g/mol. The molecule has 3 aromatic rings. The Morgan fingerprint density at radius 1 is 1.41 bits per heavy atom. The number of aromatic nitrogens is 3. The summed E-state index contributed by atoms with van der Waals surface area (Å²) in [7, 11) is 0. The van der Waals surface area contributed by atoms with Crippen LogP contribution in [0.3, 0.4) is 0 Å². The highest BCUT2D eigenvalue weighted by molar-refractivity contribution is 5.93. The second kappa shape index (κ2) is 6.47. The van der Waals surface area contributed by atoms with Gasteiger partial charge in [0.25, 0.3) is 5.91 Å². The lowest BCUT2D eigenvalue weighted by Crippen LogP contribution is -2.34. The van der Waals surface area contributed by atoms with E-state index < -0.39 is 5.82 Å². The number of imidazole rings is 1. The van der Waals surface area contributed by atoms with Crippen molar-refractivity contribution in [3.8, 4) is 17.3 Å². The molecule has 1 aliphatic rings. The molecule has 1 aliphatic carbocycles. The van der Waals surface area contributed by atoms with E-state index in [9.17, 15) is 14.4 Å². The number of halogens is 1. The lowest BCUT2D eigenvalue weighted by molar-refractivity contribution is 0.0928. The summed E-state index contributed by atoms with van der Waals surface area (Å²) < 4.78 is 14.9. The number of amides is 1. The first-order valence-corrected chi connectivity index (χ1v) is 8.84. The SMILES string of the molecule is Cc1cc(-c2ccc(F)cc2C#N)nn2c(C(=O)N[C@H](C)C3CC3)cnc12. The van der Waals surface area contributed by atoms with E-state index in [1.54, 1.807) is 6.07 Å². The van der Waals surface area contributed by atoms with Crippen LogP contribution in [-0.4, -0.2) is 26.5 Å². The third-order valence-corrected chi connectivity index (χ3v) is 4.95. The van der Waals surface area contributed by atoms with E-state index in [1.807, 2.05) is 19.9 Å². The van der Waals surface area contributed by atoms with E-state index in [1.165, 1.54) is 28.9 Å². The monoisotopic (exact) mass is 363 g/mol. The number of nitrogens with one attached hydrogen (secondary N) is 1. The summed E-state index contributed by atoms with van der Waals surface area (Å²) in [5.74, 6) is -0.175. The molecule has 0 aliphatic heterocycles. The van der Waals surface area contributed by atoms with Crippen LogP contribution in [0.15, 0.2) is 30.5 Å². The Morgan fingerprint density at radius 2 is 2.19 bits per heavy atom. The summed E-state index contributed by atoms with van der Waals surface area (Å²) >= 11 is 0. The molecule has 1 fully saturated rings. The molecule has 2 heterocycles. The molecule has 1 N–H and O–H groups in total. The lowest BCUT2D eigenvalue weighted by atomic mass is 10.0. The molecule has 136 valence electrons. The Bertz CT molecular complexity index is 1090. The molecule has 1 amide bonds. The molecule has 0 radical (unpaired) electrons. The van der Waals surface area contributed by atoms with Crippen molar-refractivity contribution >= 4 is 11.6 Å². The van der Waals surface area contributed by atoms with Gasteiger partial charge in [0.15, 0.2) is 11.3 Å². The van der Waals surface area contributed by atoms with E-state index >= 15 is 0 Å². The minimum Gasteiger partial charge on any atom is -0.348 e. The van der Waals surface area contributed by atoms with Gasteiger partial charge >= 0.3 is 0 Å². The second-order valence-corrected chi connectivity index (χ2v) is 6.99. The van der Waals surface area contributed by atoms with Crippen LogP contribution in [0.5, 0.6) is 0 Å². The smallest absolute Gasteiger partial charge is 0.271 e. The molecule has 1 saturated carbocycles. The van der Waals surface area contributed by atoms with Crippen LogP contribution >= 0.6 is 0 Å². The maximum Gasteiger partial charge on any atom is 0.271 e. The molecule has 2 aromatic heterocycles.